The van der Waals surface area contributed by atoms with Gasteiger partial charge in [0, 0.05) is 17.6 Å². The van der Waals surface area contributed by atoms with Gasteiger partial charge in [-0.05, 0) is 75.0 Å². The Balaban J connectivity index is 1.26. The zero-order valence-electron chi connectivity index (χ0n) is 31.1. The fourth-order valence-corrected chi connectivity index (χ4v) is 7.06. The van der Waals surface area contributed by atoms with E-state index in [0.29, 0.717) is 17.3 Å². The first-order chi connectivity index (χ1) is 24.8. The quantitative estimate of drug-likeness (QED) is 0.223. The lowest BCUT2D eigenvalue weighted by molar-refractivity contribution is -0.138. The summed E-state index contributed by atoms with van der Waals surface area (Å²) in [5.41, 5.74) is 3.17. The minimum atomic E-state index is -0.717. The predicted octanol–water partition coefficient (Wildman–Crippen LogP) is 5.06. The molecule has 14 heteroatoms. The maximum Gasteiger partial charge on any atom is 0.407 e. The van der Waals surface area contributed by atoms with E-state index in [4.69, 9.17) is 9.47 Å². The molecule has 2 saturated heterocycles. The Hall–Kier alpha value is -5.32. The molecule has 2 aliphatic heterocycles. The number of ether oxygens (including phenoxy) is 2. The number of nitrogens with one attached hydrogen (secondary N) is 4. The van der Waals surface area contributed by atoms with Gasteiger partial charge in [0.25, 0.3) is 0 Å². The number of carbonyl (C=O) groups excluding carboxylic acids is 4. The summed E-state index contributed by atoms with van der Waals surface area (Å²) in [4.78, 5) is 70.9. The van der Waals surface area contributed by atoms with Crippen molar-refractivity contribution in [2.45, 2.75) is 103 Å². The molecule has 0 bridgehead atoms. The third-order valence-electron chi connectivity index (χ3n) is 9.99. The standard InChI is InChI=1S/C38H50N8O6/c1-21(2)31(43-37(49)51-7)35(47)45-23(5)9-17-29(45)33-39-19-27(41-33)16-13-25-11-14-26(15-12-25)28-20-40-34(42-28)30-18-10-24(6)46(30)36(48)32(22(3)4)44-38(50)52-8/h11-12,14-15,19-24,29-32H,9-10,17-18H2,1-8H3,(H,39,41)(H,40,42)(H,43,49)(H,44,50). The van der Waals surface area contributed by atoms with Crippen LogP contribution in [0.25, 0.3) is 11.3 Å². The van der Waals surface area contributed by atoms with Crippen molar-refractivity contribution in [3.63, 3.8) is 0 Å². The second kappa shape index (κ2) is 16.4. The Morgan fingerprint density at radius 1 is 0.731 bits per heavy atom. The van der Waals surface area contributed by atoms with Crippen molar-refractivity contribution in [2.75, 3.05) is 14.2 Å². The van der Waals surface area contributed by atoms with E-state index >= 15 is 0 Å². The first-order valence-corrected chi connectivity index (χ1v) is 17.9. The van der Waals surface area contributed by atoms with Gasteiger partial charge in [0.1, 0.15) is 29.4 Å². The van der Waals surface area contributed by atoms with Crippen LogP contribution in [0.4, 0.5) is 9.59 Å². The van der Waals surface area contributed by atoms with Crippen LogP contribution in [0.5, 0.6) is 0 Å². The van der Waals surface area contributed by atoms with Crippen molar-refractivity contribution >= 4 is 24.0 Å². The molecule has 0 spiro atoms. The average molecular weight is 715 g/mol. The number of aromatic nitrogens is 4. The fraction of sp³-hybridized carbons (Fsp3) is 0.526. The number of aromatic amines is 2. The highest BCUT2D eigenvalue weighted by molar-refractivity contribution is 5.87. The second-order valence-electron chi connectivity index (χ2n) is 14.3. The van der Waals surface area contributed by atoms with Crippen molar-refractivity contribution in [3.8, 4) is 23.1 Å². The Labute approximate surface area is 304 Å². The van der Waals surface area contributed by atoms with E-state index < -0.39 is 24.3 Å². The topological polar surface area (TPSA) is 175 Å². The van der Waals surface area contributed by atoms with E-state index in [1.807, 2.05) is 75.6 Å². The lowest BCUT2D eigenvalue weighted by Crippen LogP contribution is -2.52. The van der Waals surface area contributed by atoms with Crippen molar-refractivity contribution in [1.29, 1.82) is 0 Å². The van der Waals surface area contributed by atoms with Crippen LogP contribution in [0.15, 0.2) is 36.7 Å². The van der Waals surface area contributed by atoms with Crippen LogP contribution in [-0.4, -0.2) is 92.1 Å². The molecule has 1 aromatic carbocycles. The molecular weight excluding hydrogens is 664 g/mol. The van der Waals surface area contributed by atoms with E-state index in [9.17, 15) is 19.2 Å². The number of amides is 4. The number of rotatable bonds is 9. The Bertz CT molecular complexity index is 1800. The van der Waals surface area contributed by atoms with Gasteiger partial charge in [-0.25, -0.2) is 19.6 Å². The van der Waals surface area contributed by atoms with Gasteiger partial charge in [-0.2, -0.15) is 0 Å². The molecule has 14 nitrogen and oxygen atoms in total. The number of benzene rings is 1. The Morgan fingerprint density at radius 3 is 1.69 bits per heavy atom. The molecule has 5 rings (SSSR count). The smallest absolute Gasteiger partial charge is 0.407 e. The third kappa shape index (κ3) is 8.25. The molecule has 2 aromatic heterocycles. The molecule has 6 unspecified atom stereocenters. The summed E-state index contributed by atoms with van der Waals surface area (Å²) < 4.78 is 9.51. The number of H-pyrrole nitrogens is 2. The molecule has 2 fully saturated rings. The zero-order valence-corrected chi connectivity index (χ0v) is 31.1. The van der Waals surface area contributed by atoms with E-state index in [-0.39, 0.29) is 47.8 Å². The predicted molar refractivity (Wildman–Crippen MR) is 193 cm³/mol. The lowest BCUT2D eigenvalue weighted by atomic mass is 10.0. The first-order valence-electron chi connectivity index (χ1n) is 17.9. The molecule has 0 aliphatic carbocycles. The van der Waals surface area contributed by atoms with Gasteiger partial charge < -0.3 is 39.9 Å². The van der Waals surface area contributed by atoms with Crippen molar-refractivity contribution in [3.05, 3.63) is 59.6 Å². The summed E-state index contributed by atoms with van der Waals surface area (Å²) in [6.45, 7) is 11.6. The number of nitrogens with zero attached hydrogens (tertiary/aromatic N) is 4. The summed E-state index contributed by atoms with van der Waals surface area (Å²) in [5.74, 6) is 7.12. The van der Waals surface area contributed by atoms with E-state index in [1.165, 1.54) is 14.2 Å². The highest BCUT2D eigenvalue weighted by Gasteiger charge is 2.42. The molecule has 0 saturated carbocycles. The van der Waals surface area contributed by atoms with Gasteiger partial charge in [-0.15, -0.1) is 0 Å². The Morgan fingerprint density at radius 2 is 1.21 bits per heavy atom. The number of hydrogen-bond acceptors (Lipinski definition) is 8. The Kier molecular flexibility index (Phi) is 11.9. The normalized spacial score (nSPS) is 21.0. The second-order valence-corrected chi connectivity index (χ2v) is 14.3. The summed E-state index contributed by atoms with van der Waals surface area (Å²) in [6.07, 6.45) is 5.31. The SMILES string of the molecule is COC(=O)NC(C(=O)N1C(C)CCC1c1ncc(C#Cc2ccc(-c3cnc(C4CCC(C)N4C(=O)C(NC(=O)OC)C(C)C)[nH]3)cc2)[nH]1)C(C)C. The van der Waals surface area contributed by atoms with Gasteiger partial charge in [0.15, 0.2) is 0 Å². The molecule has 3 aromatic rings. The molecule has 4 N–H and O–H groups in total. The van der Waals surface area contributed by atoms with Crippen LogP contribution in [0.2, 0.25) is 0 Å². The van der Waals surface area contributed by atoms with Crippen molar-refractivity contribution in [2.24, 2.45) is 11.8 Å². The molecule has 2 aliphatic rings. The minimum Gasteiger partial charge on any atom is -0.453 e. The van der Waals surface area contributed by atoms with E-state index in [2.05, 4.69) is 42.4 Å². The van der Waals surface area contributed by atoms with Crippen LogP contribution in [0.3, 0.4) is 0 Å². The fourth-order valence-electron chi connectivity index (χ4n) is 7.06. The van der Waals surface area contributed by atoms with Crippen LogP contribution in [0.1, 0.15) is 102 Å². The number of likely N-dealkylation sites (tertiary alicyclic amines) is 2. The van der Waals surface area contributed by atoms with Crippen LogP contribution in [-0.2, 0) is 19.1 Å². The maximum absolute atomic E-state index is 13.7. The summed E-state index contributed by atoms with van der Waals surface area (Å²) >= 11 is 0. The summed E-state index contributed by atoms with van der Waals surface area (Å²) in [5, 5.41) is 5.39. The van der Waals surface area contributed by atoms with Crippen LogP contribution >= 0.6 is 0 Å². The largest absolute Gasteiger partial charge is 0.453 e. The molecular formula is C38H50N8O6. The minimum absolute atomic E-state index is 0.00808. The van der Waals surface area contributed by atoms with Crippen molar-refractivity contribution in [1.82, 2.24) is 40.4 Å². The van der Waals surface area contributed by atoms with Gasteiger partial charge in [-0.3, -0.25) is 9.59 Å². The molecule has 278 valence electrons. The van der Waals surface area contributed by atoms with Crippen molar-refractivity contribution < 1.29 is 28.7 Å². The molecule has 4 amide bonds. The highest BCUT2D eigenvalue weighted by atomic mass is 16.5. The maximum atomic E-state index is 13.7. The molecule has 52 heavy (non-hydrogen) atoms. The molecule has 4 heterocycles. The van der Waals surface area contributed by atoms with Gasteiger partial charge in [-0.1, -0.05) is 45.7 Å². The average Bonchev–Trinajstić information content (AvgIpc) is 3.94. The molecule has 0 radical (unpaired) electrons. The number of methoxy groups -OCH3 is 2. The number of imidazole rings is 2. The molecule has 6 atom stereocenters. The van der Waals surface area contributed by atoms with Crippen LogP contribution in [0, 0.1) is 23.7 Å². The summed E-state index contributed by atoms with van der Waals surface area (Å²) in [6, 6.07) is 5.83. The highest BCUT2D eigenvalue weighted by Crippen LogP contribution is 2.37. The monoisotopic (exact) mass is 714 g/mol. The number of alkyl carbamates (subject to hydrolysis) is 2. The zero-order chi connectivity index (χ0) is 37.7. The lowest BCUT2D eigenvalue weighted by Gasteiger charge is -2.32. The van der Waals surface area contributed by atoms with Crippen LogP contribution < -0.4 is 10.6 Å². The van der Waals surface area contributed by atoms with E-state index in [0.717, 1.165) is 42.5 Å². The summed E-state index contributed by atoms with van der Waals surface area (Å²) in [7, 11) is 2.56. The number of hydrogen-bond donors (Lipinski definition) is 4. The van der Waals surface area contributed by atoms with Gasteiger partial charge >= 0.3 is 12.2 Å². The van der Waals surface area contributed by atoms with Gasteiger partial charge in [0.05, 0.1) is 44.4 Å². The third-order valence-corrected chi connectivity index (χ3v) is 9.99. The number of carbonyl (C=O) groups is 4. The van der Waals surface area contributed by atoms with E-state index in [1.54, 1.807) is 12.4 Å². The first kappa shape index (κ1) is 37.9. The van der Waals surface area contributed by atoms with Gasteiger partial charge in [0.2, 0.25) is 11.8 Å².